The molecule has 2 nitrogen and oxygen atoms in total. The molecule has 14 heavy (non-hydrogen) atoms. The molecular formula is C12H16N2. The van der Waals surface area contributed by atoms with Gasteiger partial charge in [-0.2, -0.15) is 0 Å². The molecule has 1 aromatic rings. The van der Waals surface area contributed by atoms with E-state index in [1.807, 2.05) is 6.08 Å². The highest BCUT2D eigenvalue weighted by Gasteiger charge is 1.90. The molecule has 0 saturated carbocycles. The molecule has 1 rings (SSSR count). The van der Waals surface area contributed by atoms with Crippen molar-refractivity contribution in [3.8, 4) is 0 Å². The maximum absolute atomic E-state index is 6.79. The zero-order chi connectivity index (χ0) is 10.2. The first kappa shape index (κ1) is 10.7. The zero-order valence-electron chi connectivity index (χ0n) is 8.46. The predicted molar refractivity (Wildman–Crippen MR) is 60.8 cm³/mol. The number of benzene rings is 1. The van der Waals surface area contributed by atoms with Gasteiger partial charge in [-0.05, 0) is 18.6 Å². The third-order valence-electron chi connectivity index (χ3n) is 1.91. The van der Waals surface area contributed by atoms with Gasteiger partial charge in [-0.25, -0.2) is 0 Å². The Kier molecular flexibility index (Phi) is 4.65. The van der Waals surface area contributed by atoms with Gasteiger partial charge in [-0.1, -0.05) is 35.9 Å². The van der Waals surface area contributed by atoms with Gasteiger partial charge in [-0.3, -0.25) is 0 Å². The molecule has 2 N–H and O–H groups in total. The molecule has 0 aliphatic rings. The molecule has 0 fully saturated rings. The Morgan fingerprint density at radius 1 is 1.43 bits per heavy atom. The molecule has 0 spiro atoms. The van der Waals surface area contributed by atoms with Crippen molar-refractivity contribution in [2.75, 3.05) is 6.54 Å². The summed E-state index contributed by atoms with van der Waals surface area (Å²) in [4.78, 5) is 0. The summed E-state index contributed by atoms with van der Waals surface area (Å²) in [5, 5.41) is 10.1. The van der Waals surface area contributed by atoms with E-state index in [2.05, 4.69) is 36.5 Å². The fraction of sp³-hybridized carbons (Fsp3) is 0.250. The van der Waals surface area contributed by atoms with Crippen LogP contribution in [-0.4, -0.2) is 12.8 Å². The summed E-state index contributed by atoms with van der Waals surface area (Å²) in [5.74, 6) is 0. The number of nitrogens with one attached hydrogen (secondary N) is 2. The Labute approximate surface area is 85.2 Å². The molecule has 2 heteroatoms. The molecule has 0 aliphatic carbocycles. The van der Waals surface area contributed by atoms with Crippen molar-refractivity contribution in [2.24, 2.45) is 0 Å². The van der Waals surface area contributed by atoms with E-state index >= 15 is 0 Å². The van der Waals surface area contributed by atoms with E-state index in [-0.39, 0.29) is 0 Å². The average molecular weight is 188 g/mol. The van der Waals surface area contributed by atoms with E-state index in [0.717, 1.165) is 13.1 Å². The fourth-order valence-electron chi connectivity index (χ4n) is 1.26. The number of rotatable bonds is 5. The second-order valence-corrected chi connectivity index (χ2v) is 3.21. The number of aryl methyl sites for hydroxylation is 1. The Morgan fingerprint density at radius 3 is 3.00 bits per heavy atom. The summed E-state index contributed by atoms with van der Waals surface area (Å²) < 4.78 is 0. The van der Waals surface area contributed by atoms with Crippen molar-refractivity contribution in [2.45, 2.75) is 13.5 Å². The van der Waals surface area contributed by atoms with Crippen LogP contribution in [0.1, 0.15) is 11.1 Å². The molecule has 0 atom stereocenters. The quantitative estimate of drug-likeness (QED) is 0.539. The highest BCUT2D eigenvalue weighted by Crippen LogP contribution is 2.02. The lowest BCUT2D eigenvalue weighted by molar-refractivity contribution is 0.759. The molecule has 0 radical (unpaired) electrons. The lowest BCUT2D eigenvalue weighted by Gasteiger charge is -2.02. The van der Waals surface area contributed by atoms with Crippen LogP contribution in [0.4, 0.5) is 0 Å². The number of allylic oxidation sites excluding steroid dienone is 1. The minimum atomic E-state index is 0.809. The molecule has 0 aromatic heterocycles. The third kappa shape index (κ3) is 4.01. The van der Waals surface area contributed by atoms with Gasteiger partial charge in [0.15, 0.2) is 0 Å². The van der Waals surface area contributed by atoms with Crippen molar-refractivity contribution in [3.05, 3.63) is 47.5 Å². The van der Waals surface area contributed by atoms with Crippen molar-refractivity contribution in [1.82, 2.24) is 5.32 Å². The largest absolute Gasteiger partial charge is 0.309 e. The molecule has 0 amide bonds. The molecule has 0 unspecified atom stereocenters. The van der Waals surface area contributed by atoms with Crippen LogP contribution in [0.25, 0.3) is 0 Å². The van der Waals surface area contributed by atoms with Crippen LogP contribution < -0.4 is 5.32 Å². The van der Waals surface area contributed by atoms with E-state index in [0.29, 0.717) is 0 Å². The second kappa shape index (κ2) is 6.11. The van der Waals surface area contributed by atoms with Gasteiger partial charge in [0, 0.05) is 19.3 Å². The van der Waals surface area contributed by atoms with Gasteiger partial charge in [0.25, 0.3) is 0 Å². The van der Waals surface area contributed by atoms with Crippen LogP contribution in [0.15, 0.2) is 36.4 Å². The van der Waals surface area contributed by atoms with Crippen LogP contribution in [0.3, 0.4) is 0 Å². The van der Waals surface area contributed by atoms with Gasteiger partial charge in [-0.15, -0.1) is 0 Å². The summed E-state index contributed by atoms with van der Waals surface area (Å²) in [6, 6.07) is 8.45. The molecular weight excluding hydrogens is 172 g/mol. The Balaban J connectivity index is 2.31. The molecule has 0 heterocycles. The number of hydrogen-bond acceptors (Lipinski definition) is 2. The molecule has 1 aromatic carbocycles. The van der Waals surface area contributed by atoms with Gasteiger partial charge < -0.3 is 10.7 Å². The first-order valence-electron chi connectivity index (χ1n) is 4.75. The summed E-state index contributed by atoms with van der Waals surface area (Å²) in [5.41, 5.74) is 2.59. The summed E-state index contributed by atoms with van der Waals surface area (Å²) in [7, 11) is 0. The maximum Gasteiger partial charge on any atom is 0.0208 e. The minimum Gasteiger partial charge on any atom is -0.309 e. The first-order valence-corrected chi connectivity index (χ1v) is 4.75. The van der Waals surface area contributed by atoms with Crippen LogP contribution >= 0.6 is 0 Å². The van der Waals surface area contributed by atoms with E-state index in [1.54, 1.807) is 6.08 Å². The normalized spacial score (nSPS) is 10.6. The van der Waals surface area contributed by atoms with Crippen LogP contribution in [0, 0.1) is 12.3 Å². The maximum atomic E-state index is 6.79. The lowest BCUT2D eigenvalue weighted by atomic mass is 10.1. The molecule has 0 saturated heterocycles. The zero-order valence-corrected chi connectivity index (χ0v) is 8.46. The summed E-state index contributed by atoms with van der Waals surface area (Å²) in [6.07, 6.45) is 4.94. The SMILES string of the molecule is Cc1cccc(CNC/C=C\C=N)c1. The Morgan fingerprint density at radius 2 is 2.29 bits per heavy atom. The lowest BCUT2D eigenvalue weighted by Crippen LogP contribution is -2.12. The summed E-state index contributed by atoms with van der Waals surface area (Å²) >= 11 is 0. The Hall–Kier alpha value is -1.41. The van der Waals surface area contributed by atoms with E-state index in [9.17, 15) is 0 Å². The van der Waals surface area contributed by atoms with Crippen LogP contribution in [0.5, 0.6) is 0 Å². The van der Waals surface area contributed by atoms with Gasteiger partial charge in [0.1, 0.15) is 0 Å². The average Bonchev–Trinajstić information content (AvgIpc) is 2.18. The van der Waals surface area contributed by atoms with Crippen molar-refractivity contribution in [1.29, 1.82) is 5.41 Å². The number of hydrogen-bond donors (Lipinski definition) is 2. The van der Waals surface area contributed by atoms with Gasteiger partial charge in [0.2, 0.25) is 0 Å². The molecule has 74 valence electrons. The Bertz CT molecular complexity index is 316. The van der Waals surface area contributed by atoms with Crippen LogP contribution in [0.2, 0.25) is 0 Å². The predicted octanol–water partition coefficient (Wildman–Crippen LogP) is 2.29. The second-order valence-electron chi connectivity index (χ2n) is 3.21. The first-order chi connectivity index (χ1) is 6.83. The van der Waals surface area contributed by atoms with Crippen molar-refractivity contribution in [3.63, 3.8) is 0 Å². The third-order valence-corrected chi connectivity index (χ3v) is 1.91. The minimum absolute atomic E-state index is 0.809. The smallest absolute Gasteiger partial charge is 0.0208 e. The molecule has 0 bridgehead atoms. The standard InChI is InChI=1S/C12H16N2/c1-11-5-4-6-12(9-11)10-14-8-3-2-7-13/h2-7,9,13-14H,8,10H2,1H3/b3-2-,13-7?. The highest BCUT2D eigenvalue weighted by molar-refractivity contribution is 5.67. The van der Waals surface area contributed by atoms with Crippen molar-refractivity contribution < 1.29 is 0 Å². The molecule has 0 aliphatic heterocycles. The summed E-state index contributed by atoms with van der Waals surface area (Å²) in [6.45, 7) is 3.78. The topological polar surface area (TPSA) is 35.9 Å². The fourth-order valence-corrected chi connectivity index (χ4v) is 1.26. The van der Waals surface area contributed by atoms with Crippen LogP contribution in [-0.2, 0) is 6.54 Å². The highest BCUT2D eigenvalue weighted by atomic mass is 14.8. The monoisotopic (exact) mass is 188 g/mol. The van der Waals surface area contributed by atoms with E-state index in [4.69, 9.17) is 5.41 Å². The van der Waals surface area contributed by atoms with Gasteiger partial charge in [0.05, 0.1) is 0 Å². The van der Waals surface area contributed by atoms with E-state index < -0.39 is 0 Å². The van der Waals surface area contributed by atoms with Gasteiger partial charge >= 0.3 is 0 Å². The van der Waals surface area contributed by atoms with Crippen molar-refractivity contribution >= 4 is 6.21 Å². The van der Waals surface area contributed by atoms with E-state index in [1.165, 1.54) is 17.3 Å².